The van der Waals surface area contributed by atoms with Crippen molar-refractivity contribution in [3.05, 3.63) is 59.4 Å². The number of hydrogen-bond donors (Lipinski definition) is 4. The first kappa shape index (κ1) is 17.8. The zero-order valence-electron chi connectivity index (χ0n) is 14.7. The van der Waals surface area contributed by atoms with Gasteiger partial charge in [-0.2, -0.15) is 0 Å². The largest absolute Gasteiger partial charge is 0.478 e. The third kappa shape index (κ3) is 4.31. The second kappa shape index (κ2) is 7.45. The van der Waals surface area contributed by atoms with Gasteiger partial charge < -0.3 is 10.8 Å². The molecule has 1 aliphatic rings. The van der Waals surface area contributed by atoms with Gasteiger partial charge in [-0.1, -0.05) is 6.07 Å². The number of H-pyrrole nitrogens is 1. The number of nitrogens with one attached hydrogen (secondary N) is 2. The van der Waals surface area contributed by atoms with Crippen LogP contribution in [0.5, 0.6) is 0 Å². The van der Waals surface area contributed by atoms with E-state index in [1.54, 1.807) is 18.3 Å². The van der Waals surface area contributed by atoms with E-state index >= 15 is 0 Å². The van der Waals surface area contributed by atoms with E-state index in [2.05, 4.69) is 10.3 Å². The van der Waals surface area contributed by atoms with Crippen molar-refractivity contribution in [2.24, 2.45) is 17.5 Å². The van der Waals surface area contributed by atoms with Crippen LogP contribution in [0.1, 0.15) is 34.3 Å². The summed E-state index contributed by atoms with van der Waals surface area (Å²) in [5, 5.41) is 13.8. The van der Waals surface area contributed by atoms with Crippen LogP contribution in [0, 0.1) is 12.8 Å². The minimum Gasteiger partial charge on any atom is -0.478 e. The van der Waals surface area contributed by atoms with Crippen molar-refractivity contribution < 1.29 is 14.9 Å². The maximum Gasteiger partial charge on any atom is 0.335 e. The normalized spacial score (nSPS) is 14.2. The molecule has 1 aromatic heterocycles. The standard InChI is InChI=1S/C19H23N5O2/c1-12-2-5-14(19(25)26)8-17(12)24(21)11-16(20)15-6-7-18(23-10-15)22-9-13-3-4-13/h2,5-8,10-11,13H,3-4,9,20-21H2,1H3,(H,22,23)(H,25,26)/p+1/b16-11-. The van der Waals surface area contributed by atoms with E-state index in [4.69, 9.17) is 16.7 Å². The number of benzene rings is 1. The first-order valence-electron chi connectivity index (χ1n) is 8.55. The molecule has 1 aliphatic carbocycles. The van der Waals surface area contributed by atoms with Crippen LogP contribution in [0.25, 0.3) is 5.70 Å². The molecule has 136 valence electrons. The summed E-state index contributed by atoms with van der Waals surface area (Å²) in [6, 6.07) is 8.64. The van der Waals surface area contributed by atoms with Crippen LogP contribution in [0.15, 0.2) is 42.7 Å². The van der Waals surface area contributed by atoms with Gasteiger partial charge in [-0.3, -0.25) is 10.3 Å². The second-order valence-electron chi connectivity index (χ2n) is 6.61. The summed E-state index contributed by atoms with van der Waals surface area (Å²) in [5.41, 5.74) is 9.02. The summed E-state index contributed by atoms with van der Waals surface area (Å²) in [7, 11) is 0. The molecule has 0 bridgehead atoms. The van der Waals surface area contributed by atoms with Gasteiger partial charge in [0.05, 0.1) is 29.7 Å². The fraction of sp³-hybridized carbons (Fsp3) is 0.263. The monoisotopic (exact) mass is 354 g/mol. The topological polar surface area (TPSA) is 119 Å². The number of aromatic nitrogens is 1. The predicted octanol–water partition coefficient (Wildman–Crippen LogP) is 1.97. The van der Waals surface area contributed by atoms with Crippen LogP contribution < -0.4 is 26.9 Å². The SMILES string of the molecule is Cc1ccc(C(=O)O)cc1N(N)/C=C(\N)c1ccc(NCC2CC2)[nH+]c1. The summed E-state index contributed by atoms with van der Waals surface area (Å²) in [6.07, 6.45) is 6.00. The number of rotatable bonds is 7. The van der Waals surface area contributed by atoms with Gasteiger partial charge in [-0.25, -0.2) is 15.6 Å². The summed E-state index contributed by atoms with van der Waals surface area (Å²) in [4.78, 5) is 14.3. The van der Waals surface area contributed by atoms with Gasteiger partial charge in [0, 0.05) is 17.8 Å². The lowest BCUT2D eigenvalue weighted by Gasteiger charge is -2.18. The number of pyridine rings is 1. The van der Waals surface area contributed by atoms with Gasteiger partial charge in [-0.15, -0.1) is 0 Å². The van der Waals surface area contributed by atoms with Crippen molar-refractivity contribution in [3.8, 4) is 0 Å². The molecule has 3 rings (SSSR count). The Morgan fingerprint density at radius 2 is 2.08 bits per heavy atom. The molecule has 26 heavy (non-hydrogen) atoms. The van der Waals surface area contributed by atoms with Crippen LogP contribution in [-0.2, 0) is 0 Å². The van der Waals surface area contributed by atoms with Crippen molar-refractivity contribution in [2.45, 2.75) is 19.8 Å². The molecule has 0 atom stereocenters. The number of carboxylic acid groups (broad SMARTS) is 1. The number of nitrogens with two attached hydrogens (primary N) is 2. The van der Waals surface area contributed by atoms with E-state index in [1.807, 2.05) is 25.3 Å². The van der Waals surface area contributed by atoms with Gasteiger partial charge in [0.15, 0.2) is 0 Å². The van der Waals surface area contributed by atoms with E-state index in [1.165, 1.54) is 23.9 Å². The molecule has 7 heteroatoms. The zero-order chi connectivity index (χ0) is 18.7. The average molecular weight is 354 g/mol. The Kier molecular flexibility index (Phi) is 5.09. The highest BCUT2D eigenvalue weighted by atomic mass is 16.4. The van der Waals surface area contributed by atoms with E-state index in [-0.39, 0.29) is 5.56 Å². The van der Waals surface area contributed by atoms with Gasteiger partial charge >= 0.3 is 5.97 Å². The maximum atomic E-state index is 11.2. The molecule has 0 unspecified atom stereocenters. The van der Waals surface area contributed by atoms with Gasteiger partial charge in [0.25, 0.3) is 5.82 Å². The number of aryl methyl sites for hydroxylation is 1. The highest BCUT2D eigenvalue weighted by molar-refractivity contribution is 5.89. The van der Waals surface area contributed by atoms with Crippen molar-refractivity contribution in [1.82, 2.24) is 0 Å². The molecule has 0 radical (unpaired) electrons. The van der Waals surface area contributed by atoms with Gasteiger partial charge in [0.1, 0.15) is 0 Å². The van der Waals surface area contributed by atoms with Crippen molar-refractivity contribution >= 4 is 23.2 Å². The van der Waals surface area contributed by atoms with E-state index in [0.29, 0.717) is 11.4 Å². The number of hydrogen-bond acceptors (Lipinski definition) is 5. The van der Waals surface area contributed by atoms with Crippen LogP contribution in [0.4, 0.5) is 11.5 Å². The third-order valence-electron chi connectivity index (χ3n) is 4.44. The molecule has 1 fully saturated rings. The second-order valence-corrected chi connectivity index (χ2v) is 6.61. The lowest BCUT2D eigenvalue weighted by Crippen LogP contribution is -2.27. The summed E-state index contributed by atoms with van der Waals surface area (Å²) >= 11 is 0. The minimum absolute atomic E-state index is 0.174. The lowest BCUT2D eigenvalue weighted by atomic mass is 10.1. The Hall–Kier alpha value is -3.06. The number of carboxylic acids is 1. The van der Waals surface area contributed by atoms with Gasteiger partial charge in [0.2, 0.25) is 0 Å². The van der Waals surface area contributed by atoms with Crippen LogP contribution in [0.2, 0.25) is 0 Å². The summed E-state index contributed by atoms with van der Waals surface area (Å²) in [5.74, 6) is 6.83. The molecule has 7 N–H and O–H groups in total. The van der Waals surface area contributed by atoms with E-state index < -0.39 is 5.97 Å². The molecule has 7 nitrogen and oxygen atoms in total. The molecule has 1 heterocycles. The van der Waals surface area contributed by atoms with E-state index in [9.17, 15) is 4.79 Å². The Bertz CT molecular complexity index is 828. The molecule has 0 aliphatic heterocycles. The predicted molar refractivity (Wildman–Crippen MR) is 101 cm³/mol. The number of aromatic amines is 1. The van der Waals surface area contributed by atoms with E-state index in [0.717, 1.165) is 29.4 Å². The van der Waals surface area contributed by atoms with Crippen molar-refractivity contribution in [2.75, 3.05) is 16.9 Å². The number of aromatic carboxylic acids is 1. The van der Waals surface area contributed by atoms with Crippen molar-refractivity contribution in [1.29, 1.82) is 0 Å². The molecule has 0 spiro atoms. The molecule has 0 saturated heterocycles. The molecule has 2 aromatic rings. The number of anilines is 2. The fourth-order valence-electron chi connectivity index (χ4n) is 2.61. The third-order valence-corrected chi connectivity index (χ3v) is 4.44. The first-order valence-corrected chi connectivity index (χ1v) is 8.55. The molecule has 1 aromatic carbocycles. The van der Waals surface area contributed by atoms with Crippen LogP contribution in [0.3, 0.4) is 0 Å². The Morgan fingerprint density at radius 3 is 2.69 bits per heavy atom. The maximum absolute atomic E-state index is 11.2. The Balaban J connectivity index is 1.73. The molecule has 1 saturated carbocycles. The number of carbonyl (C=O) groups is 1. The lowest BCUT2D eigenvalue weighted by molar-refractivity contribution is -0.361. The highest BCUT2D eigenvalue weighted by Gasteiger charge is 2.23. The van der Waals surface area contributed by atoms with Gasteiger partial charge in [-0.05, 0) is 49.4 Å². The summed E-state index contributed by atoms with van der Waals surface area (Å²) in [6.45, 7) is 2.84. The van der Waals surface area contributed by atoms with Crippen molar-refractivity contribution in [3.63, 3.8) is 0 Å². The molecular formula is C19H24N5O2+. The summed E-state index contributed by atoms with van der Waals surface area (Å²) < 4.78 is 0. The smallest absolute Gasteiger partial charge is 0.335 e. The molecular weight excluding hydrogens is 330 g/mol. The van der Waals surface area contributed by atoms with Crippen LogP contribution >= 0.6 is 0 Å². The zero-order valence-corrected chi connectivity index (χ0v) is 14.7. The minimum atomic E-state index is -1.000. The Morgan fingerprint density at radius 1 is 1.35 bits per heavy atom. The first-order chi connectivity index (χ1) is 12.4. The fourth-order valence-corrected chi connectivity index (χ4v) is 2.61. The number of nitrogens with zero attached hydrogens (tertiary/aromatic N) is 1. The number of hydrazine groups is 1. The Labute approximate surface area is 152 Å². The highest BCUT2D eigenvalue weighted by Crippen LogP contribution is 2.28. The molecule has 0 amide bonds. The average Bonchev–Trinajstić information content (AvgIpc) is 3.44. The quantitative estimate of drug-likeness (QED) is 0.446. The van der Waals surface area contributed by atoms with Crippen LogP contribution in [-0.4, -0.2) is 17.6 Å².